The Hall–Kier alpha value is -1.99. The van der Waals surface area contributed by atoms with Crippen LogP contribution in [0.15, 0.2) is 18.2 Å². The molecule has 0 radical (unpaired) electrons. The summed E-state index contributed by atoms with van der Waals surface area (Å²) >= 11 is 6.43. The molecule has 2 saturated carbocycles. The molecular formula is C23H33ClN4O3. The van der Waals surface area contributed by atoms with Crippen molar-refractivity contribution in [3.05, 3.63) is 23.2 Å². The van der Waals surface area contributed by atoms with E-state index in [2.05, 4.69) is 17.1 Å². The van der Waals surface area contributed by atoms with Gasteiger partial charge in [0, 0.05) is 43.6 Å². The average molecular weight is 449 g/mol. The van der Waals surface area contributed by atoms with Gasteiger partial charge >= 0.3 is 0 Å². The van der Waals surface area contributed by atoms with Gasteiger partial charge in [-0.2, -0.15) is 0 Å². The van der Waals surface area contributed by atoms with Crippen LogP contribution < -0.4 is 20.7 Å². The lowest BCUT2D eigenvalue weighted by molar-refractivity contribution is -0.146. The lowest BCUT2D eigenvalue weighted by Gasteiger charge is -2.44. The Kier molecular flexibility index (Phi) is 6.35. The third-order valence-electron chi connectivity index (χ3n) is 6.99. The Morgan fingerprint density at radius 1 is 1.19 bits per heavy atom. The zero-order valence-electron chi connectivity index (χ0n) is 18.4. The van der Waals surface area contributed by atoms with Crippen LogP contribution in [0.1, 0.15) is 45.4 Å². The number of nitrogens with zero attached hydrogens (tertiary/aromatic N) is 2. The molecule has 1 aromatic carbocycles. The molecule has 3 N–H and O–H groups in total. The van der Waals surface area contributed by atoms with E-state index in [-0.39, 0.29) is 29.7 Å². The molecule has 31 heavy (non-hydrogen) atoms. The molecule has 1 aliphatic heterocycles. The second-order valence-electron chi connectivity index (χ2n) is 9.29. The van der Waals surface area contributed by atoms with Crippen molar-refractivity contribution in [1.82, 2.24) is 10.2 Å². The van der Waals surface area contributed by atoms with E-state index in [9.17, 15) is 9.59 Å². The molecule has 0 unspecified atom stereocenters. The smallest absolute Gasteiger partial charge is 0.226 e. The molecule has 3 fully saturated rings. The predicted molar refractivity (Wildman–Crippen MR) is 121 cm³/mol. The van der Waals surface area contributed by atoms with Gasteiger partial charge in [0.15, 0.2) is 0 Å². The summed E-state index contributed by atoms with van der Waals surface area (Å²) in [6, 6.07) is 5.65. The maximum Gasteiger partial charge on any atom is 0.226 e. The van der Waals surface area contributed by atoms with Gasteiger partial charge < -0.3 is 25.6 Å². The number of amides is 2. The number of rotatable bonds is 5. The molecule has 4 rings (SSSR count). The van der Waals surface area contributed by atoms with Gasteiger partial charge in [-0.25, -0.2) is 0 Å². The molecular weight excluding hydrogens is 416 g/mol. The maximum atomic E-state index is 13.5. The summed E-state index contributed by atoms with van der Waals surface area (Å²) in [4.78, 5) is 30.6. The molecule has 0 spiro atoms. The van der Waals surface area contributed by atoms with Crippen LogP contribution in [0.2, 0.25) is 5.02 Å². The van der Waals surface area contributed by atoms with Crippen molar-refractivity contribution in [3.8, 4) is 5.75 Å². The number of carbonyl (C=O) groups excluding carboxylic acids is 2. The number of ether oxygens (including phenoxy) is 1. The zero-order valence-corrected chi connectivity index (χ0v) is 19.2. The number of benzene rings is 1. The first-order valence-corrected chi connectivity index (χ1v) is 11.7. The number of hydrogen-bond acceptors (Lipinski definition) is 5. The maximum absolute atomic E-state index is 13.5. The van der Waals surface area contributed by atoms with Gasteiger partial charge in [-0.3, -0.25) is 9.59 Å². The number of halogens is 1. The van der Waals surface area contributed by atoms with E-state index in [1.54, 1.807) is 7.11 Å². The number of methoxy groups -OCH3 is 1. The van der Waals surface area contributed by atoms with Gasteiger partial charge in [-0.1, -0.05) is 24.4 Å². The molecule has 7 nitrogen and oxygen atoms in total. The minimum absolute atomic E-state index is 0.0263. The highest BCUT2D eigenvalue weighted by Crippen LogP contribution is 2.36. The highest BCUT2D eigenvalue weighted by molar-refractivity contribution is 6.33. The Balaban J connectivity index is 1.43. The van der Waals surface area contributed by atoms with Gasteiger partial charge in [0.25, 0.3) is 0 Å². The fourth-order valence-electron chi connectivity index (χ4n) is 4.92. The predicted octanol–water partition coefficient (Wildman–Crippen LogP) is 2.76. The Bertz CT molecular complexity index is 844. The number of anilines is 1. The Labute approximate surface area is 189 Å². The van der Waals surface area contributed by atoms with Crippen molar-refractivity contribution < 1.29 is 14.3 Å². The van der Waals surface area contributed by atoms with Gasteiger partial charge in [-0.15, -0.1) is 0 Å². The van der Waals surface area contributed by atoms with Gasteiger partial charge in [0.05, 0.1) is 23.5 Å². The third-order valence-corrected chi connectivity index (χ3v) is 7.30. The number of nitrogens with one attached hydrogen (secondary N) is 1. The number of piperazine rings is 1. The molecule has 3 aliphatic rings. The third kappa shape index (κ3) is 4.77. The SMILES string of the molecule is COc1ccc(Cl)c(N2CCN(C(=O)[C@@H]3CCCC[C@H]3C(=O)NC3(N)CC3)[C@H](C)C2)c1. The summed E-state index contributed by atoms with van der Waals surface area (Å²) in [5, 5.41) is 3.65. The largest absolute Gasteiger partial charge is 0.497 e. The normalized spacial score (nSPS) is 27.5. The molecule has 1 aromatic rings. The second kappa shape index (κ2) is 8.87. The van der Waals surface area contributed by atoms with Crippen LogP contribution in [0.5, 0.6) is 5.75 Å². The van der Waals surface area contributed by atoms with E-state index < -0.39 is 5.66 Å². The molecule has 3 atom stereocenters. The van der Waals surface area contributed by atoms with Crippen molar-refractivity contribution in [2.24, 2.45) is 17.6 Å². The van der Waals surface area contributed by atoms with Gasteiger partial charge in [0.1, 0.15) is 5.75 Å². The number of hydrogen-bond donors (Lipinski definition) is 2. The van der Waals surface area contributed by atoms with Crippen LogP contribution in [0.4, 0.5) is 5.69 Å². The molecule has 1 saturated heterocycles. The molecule has 0 bridgehead atoms. The lowest BCUT2D eigenvalue weighted by Crippen LogP contribution is -2.57. The van der Waals surface area contributed by atoms with Crippen molar-refractivity contribution in [2.75, 3.05) is 31.6 Å². The first-order valence-electron chi connectivity index (χ1n) is 11.3. The second-order valence-corrected chi connectivity index (χ2v) is 9.69. The molecule has 0 aromatic heterocycles. The molecule has 170 valence electrons. The van der Waals surface area contributed by atoms with E-state index in [0.29, 0.717) is 24.7 Å². The minimum Gasteiger partial charge on any atom is -0.497 e. The standard InChI is InChI=1S/C23H33ClN4O3/c1-15-14-27(20-13-16(31-2)7-8-19(20)24)11-12-28(15)22(30)18-6-4-3-5-17(18)21(29)26-23(25)9-10-23/h7-8,13,15,17-18H,3-6,9-12,14,25H2,1-2H3,(H,26,29)/t15-,17-,18-/m1/s1. The van der Waals surface area contributed by atoms with Crippen LogP contribution in [0, 0.1) is 11.8 Å². The molecule has 2 amide bonds. The summed E-state index contributed by atoms with van der Waals surface area (Å²) < 4.78 is 5.34. The van der Waals surface area contributed by atoms with E-state index in [0.717, 1.165) is 50.0 Å². The van der Waals surface area contributed by atoms with Crippen molar-refractivity contribution in [1.29, 1.82) is 0 Å². The molecule has 8 heteroatoms. The summed E-state index contributed by atoms with van der Waals surface area (Å²) in [6.45, 7) is 4.06. The molecule has 2 aliphatic carbocycles. The topological polar surface area (TPSA) is 87.9 Å². The van der Waals surface area contributed by atoms with E-state index in [1.807, 2.05) is 23.1 Å². The van der Waals surface area contributed by atoms with Crippen LogP contribution in [0.3, 0.4) is 0 Å². The van der Waals surface area contributed by atoms with E-state index in [4.69, 9.17) is 22.1 Å². The number of nitrogens with two attached hydrogens (primary N) is 1. The summed E-state index contributed by atoms with van der Waals surface area (Å²) in [5.74, 6) is 0.277. The lowest BCUT2D eigenvalue weighted by atomic mass is 9.77. The monoisotopic (exact) mass is 448 g/mol. The Morgan fingerprint density at radius 2 is 1.90 bits per heavy atom. The summed E-state index contributed by atoms with van der Waals surface area (Å²) in [7, 11) is 1.64. The summed E-state index contributed by atoms with van der Waals surface area (Å²) in [5.41, 5.74) is 6.47. The average Bonchev–Trinajstić information content (AvgIpc) is 3.50. The van der Waals surface area contributed by atoms with Crippen LogP contribution in [-0.4, -0.2) is 55.2 Å². The van der Waals surface area contributed by atoms with Gasteiger partial charge in [0.2, 0.25) is 11.8 Å². The molecule has 1 heterocycles. The van der Waals surface area contributed by atoms with Crippen LogP contribution >= 0.6 is 11.6 Å². The Morgan fingerprint density at radius 3 is 2.55 bits per heavy atom. The quantitative estimate of drug-likeness (QED) is 0.676. The van der Waals surface area contributed by atoms with Crippen LogP contribution in [-0.2, 0) is 9.59 Å². The minimum atomic E-state index is -0.545. The van der Waals surface area contributed by atoms with Gasteiger partial charge in [-0.05, 0) is 44.7 Å². The first-order chi connectivity index (χ1) is 14.8. The highest BCUT2D eigenvalue weighted by Gasteiger charge is 2.45. The fourth-order valence-corrected chi connectivity index (χ4v) is 5.15. The van der Waals surface area contributed by atoms with Crippen molar-refractivity contribution >= 4 is 29.1 Å². The van der Waals surface area contributed by atoms with Crippen molar-refractivity contribution in [3.63, 3.8) is 0 Å². The number of carbonyl (C=O) groups is 2. The van der Waals surface area contributed by atoms with E-state index >= 15 is 0 Å². The highest BCUT2D eigenvalue weighted by atomic mass is 35.5. The fraction of sp³-hybridized carbons (Fsp3) is 0.652. The van der Waals surface area contributed by atoms with Crippen molar-refractivity contribution in [2.45, 2.75) is 57.2 Å². The summed E-state index contributed by atoms with van der Waals surface area (Å²) in [6.07, 6.45) is 5.12. The van der Waals surface area contributed by atoms with Crippen LogP contribution in [0.25, 0.3) is 0 Å². The van der Waals surface area contributed by atoms with E-state index in [1.165, 1.54) is 0 Å². The zero-order chi connectivity index (χ0) is 22.2. The first kappa shape index (κ1) is 22.2.